The van der Waals surface area contributed by atoms with E-state index in [1.165, 1.54) is 5.56 Å². The Kier molecular flexibility index (Phi) is 2.73. The van der Waals surface area contributed by atoms with Crippen molar-refractivity contribution >= 4 is 5.69 Å². The molecule has 1 aromatic rings. The predicted molar refractivity (Wildman–Crippen MR) is 63.8 cm³/mol. The fraction of sp³-hybridized carbons (Fsp3) is 0.538. The van der Waals surface area contributed by atoms with E-state index >= 15 is 0 Å². The maximum Gasteiger partial charge on any atom is 0.395 e. The van der Waals surface area contributed by atoms with Gasteiger partial charge < -0.3 is 10.2 Å². The molecule has 0 atom stereocenters. The van der Waals surface area contributed by atoms with E-state index in [1.54, 1.807) is 4.90 Å². The second kappa shape index (κ2) is 4.16. The normalized spacial score (nSPS) is 21.6. The Balaban J connectivity index is 1.61. The van der Waals surface area contributed by atoms with E-state index in [-0.39, 0.29) is 13.1 Å². The van der Waals surface area contributed by atoms with Crippen molar-refractivity contribution in [2.45, 2.75) is 12.1 Å². The van der Waals surface area contributed by atoms with Crippen LogP contribution in [0.4, 0.5) is 18.9 Å². The zero-order valence-electron chi connectivity index (χ0n) is 9.87. The molecular weight excluding hydrogens is 241 g/mol. The summed E-state index contributed by atoms with van der Waals surface area (Å²) < 4.78 is 37.1. The number of anilines is 1. The van der Waals surface area contributed by atoms with Crippen LogP contribution in [0.3, 0.4) is 0 Å². The molecule has 0 radical (unpaired) electrons. The maximum atomic E-state index is 12.4. The SMILES string of the molecule is FC(F)(F)C1CN(c2ccc(C3CNC3)cc2)C1. The molecule has 2 aliphatic heterocycles. The van der Waals surface area contributed by atoms with Gasteiger partial charge in [-0.1, -0.05) is 12.1 Å². The Hall–Kier alpha value is -1.23. The molecule has 18 heavy (non-hydrogen) atoms. The molecule has 98 valence electrons. The van der Waals surface area contributed by atoms with E-state index in [4.69, 9.17) is 0 Å². The lowest BCUT2D eigenvalue weighted by molar-refractivity contribution is -0.180. The van der Waals surface area contributed by atoms with Crippen LogP contribution in [0.2, 0.25) is 0 Å². The number of hydrogen-bond donors (Lipinski definition) is 1. The van der Waals surface area contributed by atoms with Gasteiger partial charge in [0, 0.05) is 37.8 Å². The standard InChI is InChI=1S/C13H15F3N2/c14-13(15,16)11-7-18(8-11)12-3-1-9(2-4-12)10-5-17-6-10/h1-4,10-11,17H,5-8H2. The van der Waals surface area contributed by atoms with Crippen molar-refractivity contribution in [1.82, 2.24) is 5.32 Å². The number of benzene rings is 1. The van der Waals surface area contributed by atoms with Gasteiger partial charge in [-0.05, 0) is 17.7 Å². The molecule has 2 aliphatic rings. The Morgan fingerprint density at radius 1 is 1.06 bits per heavy atom. The molecule has 0 saturated carbocycles. The van der Waals surface area contributed by atoms with Crippen molar-refractivity contribution in [2.24, 2.45) is 5.92 Å². The lowest BCUT2D eigenvalue weighted by Gasteiger charge is -2.42. The molecule has 2 heterocycles. The molecule has 3 rings (SSSR count). The molecule has 2 nitrogen and oxygen atoms in total. The van der Waals surface area contributed by atoms with Crippen molar-refractivity contribution in [3.05, 3.63) is 29.8 Å². The Bertz CT molecular complexity index is 417. The minimum atomic E-state index is -4.05. The first kappa shape index (κ1) is 11.8. The van der Waals surface area contributed by atoms with E-state index < -0.39 is 12.1 Å². The minimum Gasteiger partial charge on any atom is -0.370 e. The van der Waals surface area contributed by atoms with E-state index in [1.807, 2.05) is 24.3 Å². The molecule has 2 saturated heterocycles. The fourth-order valence-corrected chi connectivity index (χ4v) is 2.38. The van der Waals surface area contributed by atoms with Crippen molar-refractivity contribution < 1.29 is 13.2 Å². The van der Waals surface area contributed by atoms with E-state index in [9.17, 15) is 13.2 Å². The van der Waals surface area contributed by atoms with Gasteiger partial charge in [-0.2, -0.15) is 13.2 Å². The zero-order chi connectivity index (χ0) is 12.8. The van der Waals surface area contributed by atoms with E-state index in [0.717, 1.165) is 18.8 Å². The summed E-state index contributed by atoms with van der Waals surface area (Å²) in [5.41, 5.74) is 2.16. The van der Waals surface area contributed by atoms with Crippen LogP contribution < -0.4 is 10.2 Å². The largest absolute Gasteiger partial charge is 0.395 e. The second-order valence-corrected chi connectivity index (χ2v) is 5.09. The van der Waals surface area contributed by atoms with E-state index in [2.05, 4.69) is 5.32 Å². The monoisotopic (exact) mass is 256 g/mol. The summed E-state index contributed by atoms with van der Waals surface area (Å²) >= 11 is 0. The van der Waals surface area contributed by atoms with Gasteiger partial charge >= 0.3 is 6.18 Å². The molecule has 0 aromatic heterocycles. The summed E-state index contributed by atoms with van der Waals surface area (Å²) in [5, 5.41) is 3.21. The van der Waals surface area contributed by atoms with Gasteiger partial charge in [0.25, 0.3) is 0 Å². The van der Waals surface area contributed by atoms with Crippen LogP contribution in [0.25, 0.3) is 0 Å². The topological polar surface area (TPSA) is 15.3 Å². The Morgan fingerprint density at radius 3 is 2.11 bits per heavy atom. The number of halogens is 3. The molecular formula is C13H15F3N2. The quantitative estimate of drug-likeness (QED) is 0.874. The number of hydrogen-bond acceptors (Lipinski definition) is 2. The number of nitrogens with zero attached hydrogens (tertiary/aromatic N) is 1. The van der Waals surface area contributed by atoms with Crippen molar-refractivity contribution in [1.29, 1.82) is 0 Å². The summed E-state index contributed by atoms with van der Waals surface area (Å²) in [6.45, 7) is 2.18. The second-order valence-electron chi connectivity index (χ2n) is 5.09. The highest BCUT2D eigenvalue weighted by Gasteiger charge is 2.47. The van der Waals surface area contributed by atoms with Gasteiger partial charge in [0.2, 0.25) is 0 Å². The van der Waals surface area contributed by atoms with Gasteiger partial charge in [0.15, 0.2) is 0 Å². The third-order valence-corrected chi connectivity index (χ3v) is 3.86. The van der Waals surface area contributed by atoms with Crippen LogP contribution in [0.15, 0.2) is 24.3 Å². The lowest BCUT2D eigenvalue weighted by Crippen LogP contribution is -2.53. The Labute approximate surface area is 104 Å². The highest BCUT2D eigenvalue weighted by Crippen LogP contribution is 2.36. The summed E-state index contributed by atoms with van der Waals surface area (Å²) in [4.78, 5) is 1.78. The summed E-state index contributed by atoms with van der Waals surface area (Å²) in [7, 11) is 0. The van der Waals surface area contributed by atoms with Crippen LogP contribution in [-0.2, 0) is 0 Å². The van der Waals surface area contributed by atoms with Gasteiger partial charge in [-0.3, -0.25) is 0 Å². The van der Waals surface area contributed by atoms with Gasteiger partial charge in [0.05, 0.1) is 5.92 Å². The van der Waals surface area contributed by atoms with Crippen LogP contribution in [0, 0.1) is 5.92 Å². The number of alkyl halides is 3. The molecule has 1 aromatic carbocycles. The number of rotatable bonds is 2. The zero-order valence-corrected chi connectivity index (χ0v) is 9.87. The molecule has 0 unspecified atom stereocenters. The van der Waals surface area contributed by atoms with Crippen LogP contribution in [-0.4, -0.2) is 32.4 Å². The summed E-state index contributed by atoms with van der Waals surface area (Å²) in [5.74, 6) is -0.591. The highest BCUT2D eigenvalue weighted by atomic mass is 19.4. The lowest BCUT2D eigenvalue weighted by atomic mass is 9.93. The maximum absolute atomic E-state index is 12.4. The summed E-state index contributed by atoms with van der Waals surface area (Å²) in [6, 6.07) is 7.92. The first-order valence-corrected chi connectivity index (χ1v) is 6.16. The first-order chi connectivity index (χ1) is 8.54. The average Bonchev–Trinajstić information content (AvgIpc) is 2.13. The van der Waals surface area contributed by atoms with Crippen LogP contribution in [0.5, 0.6) is 0 Å². The summed E-state index contributed by atoms with van der Waals surface area (Å²) in [6.07, 6.45) is -4.05. The van der Waals surface area contributed by atoms with Gasteiger partial charge in [-0.15, -0.1) is 0 Å². The van der Waals surface area contributed by atoms with Crippen LogP contribution in [0.1, 0.15) is 11.5 Å². The highest BCUT2D eigenvalue weighted by molar-refractivity contribution is 5.50. The Morgan fingerprint density at radius 2 is 1.67 bits per heavy atom. The molecule has 0 spiro atoms. The van der Waals surface area contributed by atoms with Crippen molar-refractivity contribution in [2.75, 3.05) is 31.1 Å². The molecule has 0 amide bonds. The third kappa shape index (κ3) is 2.07. The van der Waals surface area contributed by atoms with Crippen molar-refractivity contribution in [3.8, 4) is 0 Å². The molecule has 0 bridgehead atoms. The van der Waals surface area contributed by atoms with Gasteiger partial charge in [-0.25, -0.2) is 0 Å². The molecule has 1 N–H and O–H groups in total. The fourth-order valence-electron chi connectivity index (χ4n) is 2.38. The van der Waals surface area contributed by atoms with Crippen LogP contribution >= 0.6 is 0 Å². The third-order valence-electron chi connectivity index (χ3n) is 3.86. The molecule has 2 fully saturated rings. The molecule has 0 aliphatic carbocycles. The first-order valence-electron chi connectivity index (χ1n) is 6.16. The van der Waals surface area contributed by atoms with E-state index in [0.29, 0.717) is 5.92 Å². The van der Waals surface area contributed by atoms with Gasteiger partial charge in [0.1, 0.15) is 0 Å². The number of nitrogens with one attached hydrogen (secondary N) is 1. The van der Waals surface area contributed by atoms with Crippen molar-refractivity contribution in [3.63, 3.8) is 0 Å². The minimum absolute atomic E-state index is 0.0911. The predicted octanol–water partition coefficient (Wildman–Crippen LogP) is 2.37. The molecule has 5 heteroatoms. The average molecular weight is 256 g/mol. The smallest absolute Gasteiger partial charge is 0.370 e.